The van der Waals surface area contributed by atoms with Crippen LogP contribution in [0.25, 0.3) is 0 Å². The molecule has 0 unspecified atom stereocenters. The van der Waals surface area contributed by atoms with Crippen LogP contribution in [0.15, 0.2) is 24.4 Å². The van der Waals surface area contributed by atoms with Gasteiger partial charge >= 0.3 is 0 Å². The van der Waals surface area contributed by atoms with Gasteiger partial charge < -0.3 is 4.90 Å². The Balaban J connectivity index is 1.76. The predicted octanol–water partition coefficient (Wildman–Crippen LogP) is 2.87. The van der Waals surface area contributed by atoms with Crippen LogP contribution < -0.4 is 0 Å². The standard InChI is InChI=1S/C17H21N3O/c1-12-16(10-18-19-12)11-20(2)17(21)15-8-7-13-5-3-4-6-14(13)9-15/h7-10H,3-6,11H2,1-2H3,(H,18,19). The smallest absolute Gasteiger partial charge is 0.253 e. The average molecular weight is 283 g/mol. The van der Waals surface area contributed by atoms with Gasteiger partial charge in [-0.05, 0) is 55.9 Å². The van der Waals surface area contributed by atoms with E-state index in [9.17, 15) is 4.79 Å². The van der Waals surface area contributed by atoms with Gasteiger partial charge in [-0.3, -0.25) is 9.89 Å². The second-order valence-electron chi connectivity index (χ2n) is 5.87. The molecule has 0 saturated heterocycles. The molecule has 1 aromatic heterocycles. The molecule has 3 rings (SSSR count). The van der Waals surface area contributed by atoms with Gasteiger partial charge in [0, 0.05) is 30.4 Å². The summed E-state index contributed by atoms with van der Waals surface area (Å²) in [6, 6.07) is 6.17. The van der Waals surface area contributed by atoms with Crippen LogP contribution in [-0.2, 0) is 19.4 Å². The van der Waals surface area contributed by atoms with Gasteiger partial charge in [0.2, 0.25) is 0 Å². The largest absolute Gasteiger partial charge is 0.337 e. The Morgan fingerprint density at radius 3 is 2.76 bits per heavy atom. The SMILES string of the molecule is Cc1[nH]ncc1CN(C)C(=O)c1ccc2c(c1)CCCC2. The molecule has 4 heteroatoms. The molecule has 0 bridgehead atoms. The summed E-state index contributed by atoms with van der Waals surface area (Å²) in [7, 11) is 1.84. The Labute approximate surface area is 125 Å². The molecular formula is C17H21N3O. The van der Waals surface area contributed by atoms with E-state index >= 15 is 0 Å². The number of carbonyl (C=O) groups is 1. The van der Waals surface area contributed by atoms with Gasteiger partial charge in [-0.15, -0.1) is 0 Å². The van der Waals surface area contributed by atoms with Crippen molar-refractivity contribution in [3.63, 3.8) is 0 Å². The van der Waals surface area contributed by atoms with E-state index < -0.39 is 0 Å². The zero-order chi connectivity index (χ0) is 14.8. The molecule has 1 aliphatic rings. The van der Waals surface area contributed by atoms with Gasteiger partial charge in [-0.2, -0.15) is 5.10 Å². The molecule has 4 nitrogen and oxygen atoms in total. The molecule has 0 radical (unpaired) electrons. The Bertz CT molecular complexity index is 660. The average Bonchev–Trinajstić information content (AvgIpc) is 2.91. The number of nitrogens with zero attached hydrogens (tertiary/aromatic N) is 2. The summed E-state index contributed by atoms with van der Waals surface area (Å²) in [5.41, 5.74) is 5.62. The van der Waals surface area contributed by atoms with E-state index in [1.54, 1.807) is 11.1 Å². The van der Waals surface area contributed by atoms with Gasteiger partial charge in [0.15, 0.2) is 0 Å². The Kier molecular flexibility index (Phi) is 3.78. The molecule has 21 heavy (non-hydrogen) atoms. The van der Waals surface area contributed by atoms with Crippen LogP contribution in [0.3, 0.4) is 0 Å². The summed E-state index contributed by atoms with van der Waals surface area (Å²) < 4.78 is 0. The highest BCUT2D eigenvalue weighted by Gasteiger charge is 2.16. The summed E-state index contributed by atoms with van der Waals surface area (Å²) >= 11 is 0. The number of aromatic nitrogens is 2. The van der Waals surface area contributed by atoms with Crippen molar-refractivity contribution >= 4 is 5.91 Å². The van der Waals surface area contributed by atoms with Crippen molar-refractivity contribution in [1.82, 2.24) is 15.1 Å². The molecule has 2 aromatic rings. The third-order valence-electron chi connectivity index (χ3n) is 4.28. The van der Waals surface area contributed by atoms with Gasteiger partial charge in [0.1, 0.15) is 0 Å². The number of benzene rings is 1. The van der Waals surface area contributed by atoms with Gasteiger partial charge in [-0.1, -0.05) is 6.07 Å². The number of fused-ring (bicyclic) bond motifs is 1. The van der Waals surface area contributed by atoms with Crippen molar-refractivity contribution in [2.24, 2.45) is 0 Å². The fourth-order valence-corrected chi connectivity index (χ4v) is 2.95. The first-order valence-electron chi connectivity index (χ1n) is 7.51. The zero-order valence-corrected chi connectivity index (χ0v) is 12.6. The maximum Gasteiger partial charge on any atom is 0.253 e. The van der Waals surface area contributed by atoms with E-state index in [-0.39, 0.29) is 5.91 Å². The Hall–Kier alpha value is -2.10. The van der Waals surface area contributed by atoms with Crippen molar-refractivity contribution in [3.05, 3.63) is 52.3 Å². The van der Waals surface area contributed by atoms with Crippen LogP contribution in [0.1, 0.15) is 45.6 Å². The second kappa shape index (κ2) is 5.72. The van der Waals surface area contributed by atoms with Gasteiger partial charge in [0.05, 0.1) is 6.20 Å². The van der Waals surface area contributed by atoms with Crippen LogP contribution in [0.5, 0.6) is 0 Å². The minimum Gasteiger partial charge on any atom is -0.337 e. The van der Waals surface area contributed by atoms with Crippen LogP contribution >= 0.6 is 0 Å². The van der Waals surface area contributed by atoms with E-state index in [2.05, 4.69) is 22.3 Å². The number of H-pyrrole nitrogens is 1. The molecule has 1 aliphatic carbocycles. The lowest BCUT2D eigenvalue weighted by molar-refractivity contribution is 0.0785. The number of hydrogen-bond donors (Lipinski definition) is 1. The second-order valence-corrected chi connectivity index (χ2v) is 5.87. The van der Waals surface area contributed by atoms with Crippen LogP contribution in [0, 0.1) is 6.92 Å². The molecule has 0 aliphatic heterocycles. The third-order valence-corrected chi connectivity index (χ3v) is 4.28. The van der Waals surface area contributed by atoms with Gasteiger partial charge in [-0.25, -0.2) is 0 Å². The minimum atomic E-state index is 0.0731. The van der Waals surface area contributed by atoms with E-state index in [0.29, 0.717) is 6.54 Å². The Morgan fingerprint density at radius 1 is 1.29 bits per heavy atom. The van der Waals surface area contributed by atoms with Crippen molar-refractivity contribution < 1.29 is 4.79 Å². The van der Waals surface area contributed by atoms with Crippen LogP contribution in [0.2, 0.25) is 0 Å². The number of amides is 1. The molecule has 1 N–H and O–H groups in total. The van der Waals surface area contributed by atoms with Crippen LogP contribution in [0.4, 0.5) is 0 Å². The number of aryl methyl sites for hydroxylation is 3. The molecule has 0 atom stereocenters. The minimum absolute atomic E-state index is 0.0731. The molecule has 1 amide bonds. The fourth-order valence-electron chi connectivity index (χ4n) is 2.95. The first-order valence-corrected chi connectivity index (χ1v) is 7.51. The Morgan fingerprint density at radius 2 is 2.05 bits per heavy atom. The number of nitrogens with one attached hydrogen (secondary N) is 1. The molecular weight excluding hydrogens is 262 g/mol. The zero-order valence-electron chi connectivity index (χ0n) is 12.6. The number of rotatable bonds is 3. The molecule has 110 valence electrons. The maximum absolute atomic E-state index is 12.6. The van der Waals surface area contributed by atoms with Crippen molar-refractivity contribution in [3.8, 4) is 0 Å². The van der Waals surface area contributed by atoms with E-state index in [4.69, 9.17) is 0 Å². The van der Waals surface area contributed by atoms with E-state index in [0.717, 1.165) is 29.7 Å². The van der Waals surface area contributed by atoms with Crippen LogP contribution in [-0.4, -0.2) is 28.1 Å². The monoisotopic (exact) mass is 283 g/mol. The summed E-state index contributed by atoms with van der Waals surface area (Å²) in [4.78, 5) is 14.3. The summed E-state index contributed by atoms with van der Waals surface area (Å²) in [5.74, 6) is 0.0731. The summed E-state index contributed by atoms with van der Waals surface area (Å²) in [6.07, 6.45) is 6.52. The normalized spacial score (nSPS) is 13.8. The third kappa shape index (κ3) is 2.84. The predicted molar refractivity (Wildman–Crippen MR) is 82.2 cm³/mol. The van der Waals surface area contributed by atoms with E-state index in [1.807, 2.05) is 20.0 Å². The summed E-state index contributed by atoms with van der Waals surface area (Å²) in [5, 5.41) is 6.91. The molecule has 0 spiro atoms. The van der Waals surface area contributed by atoms with Gasteiger partial charge in [0.25, 0.3) is 5.91 Å². The number of aromatic amines is 1. The molecule has 0 saturated carbocycles. The summed E-state index contributed by atoms with van der Waals surface area (Å²) in [6.45, 7) is 2.55. The van der Waals surface area contributed by atoms with Crippen molar-refractivity contribution in [2.45, 2.75) is 39.2 Å². The lowest BCUT2D eigenvalue weighted by atomic mass is 9.90. The van der Waals surface area contributed by atoms with E-state index in [1.165, 1.54) is 24.0 Å². The first kappa shape index (κ1) is 13.9. The number of carbonyl (C=O) groups excluding carboxylic acids is 1. The highest BCUT2D eigenvalue weighted by molar-refractivity contribution is 5.94. The highest BCUT2D eigenvalue weighted by atomic mass is 16.2. The fraction of sp³-hybridized carbons (Fsp3) is 0.412. The first-order chi connectivity index (χ1) is 10.1. The lowest BCUT2D eigenvalue weighted by Crippen LogP contribution is -2.26. The highest BCUT2D eigenvalue weighted by Crippen LogP contribution is 2.23. The topological polar surface area (TPSA) is 49.0 Å². The number of hydrogen-bond acceptors (Lipinski definition) is 2. The maximum atomic E-state index is 12.6. The van der Waals surface area contributed by atoms with Crippen molar-refractivity contribution in [1.29, 1.82) is 0 Å². The molecule has 0 fully saturated rings. The molecule has 1 heterocycles. The quantitative estimate of drug-likeness (QED) is 0.941. The van der Waals surface area contributed by atoms with Crippen molar-refractivity contribution in [2.75, 3.05) is 7.05 Å². The molecule has 1 aromatic carbocycles. The lowest BCUT2D eigenvalue weighted by Gasteiger charge is -2.20.